The van der Waals surface area contributed by atoms with E-state index in [1.54, 1.807) is 0 Å². The minimum Gasteiger partial charge on any atom is -0.481 e. The van der Waals surface area contributed by atoms with Crippen molar-refractivity contribution in [2.24, 2.45) is 4.99 Å². The Labute approximate surface area is 71.3 Å². The van der Waals surface area contributed by atoms with Gasteiger partial charge in [0.2, 0.25) is 6.08 Å². The SMILES string of the molecule is O=C=NCCCCCCC(=O)O. The van der Waals surface area contributed by atoms with Crippen molar-refractivity contribution >= 4 is 12.0 Å². The van der Waals surface area contributed by atoms with Crippen molar-refractivity contribution in [2.45, 2.75) is 32.1 Å². The van der Waals surface area contributed by atoms with Crippen molar-refractivity contribution in [3.63, 3.8) is 0 Å². The Hall–Kier alpha value is -1.15. The Morgan fingerprint density at radius 1 is 1.25 bits per heavy atom. The number of carboxylic acids is 1. The standard InChI is InChI=1S/C8H13NO3/c10-7-9-6-4-2-1-3-5-8(11)12/h1-6H2,(H,11,12). The summed E-state index contributed by atoms with van der Waals surface area (Å²) in [5.74, 6) is -0.749. The van der Waals surface area contributed by atoms with E-state index < -0.39 is 5.97 Å². The monoisotopic (exact) mass is 171 g/mol. The van der Waals surface area contributed by atoms with Crippen molar-refractivity contribution in [3.8, 4) is 0 Å². The number of hydrogen-bond donors (Lipinski definition) is 1. The number of hydrogen-bond acceptors (Lipinski definition) is 3. The first-order valence-corrected chi connectivity index (χ1v) is 4.03. The van der Waals surface area contributed by atoms with Gasteiger partial charge in [-0.3, -0.25) is 4.79 Å². The summed E-state index contributed by atoms with van der Waals surface area (Å²) in [5.41, 5.74) is 0. The molecular formula is C8H13NO3. The van der Waals surface area contributed by atoms with E-state index >= 15 is 0 Å². The zero-order chi connectivity index (χ0) is 9.23. The summed E-state index contributed by atoms with van der Waals surface area (Å²) in [6.07, 6.45) is 5.06. The van der Waals surface area contributed by atoms with E-state index in [2.05, 4.69) is 4.99 Å². The molecule has 4 nitrogen and oxygen atoms in total. The Morgan fingerprint density at radius 2 is 1.92 bits per heavy atom. The second kappa shape index (κ2) is 7.95. The van der Waals surface area contributed by atoms with Crippen LogP contribution in [-0.2, 0) is 9.59 Å². The minimum absolute atomic E-state index is 0.233. The van der Waals surface area contributed by atoms with Gasteiger partial charge in [0.05, 0.1) is 6.54 Å². The first-order valence-electron chi connectivity index (χ1n) is 4.03. The number of aliphatic carboxylic acids is 1. The molecule has 0 bridgehead atoms. The zero-order valence-electron chi connectivity index (χ0n) is 6.95. The van der Waals surface area contributed by atoms with Gasteiger partial charge in [-0.1, -0.05) is 12.8 Å². The van der Waals surface area contributed by atoms with Crippen molar-refractivity contribution in [2.75, 3.05) is 6.54 Å². The van der Waals surface area contributed by atoms with Crippen LogP contribution in [0.1, 0.15) is 32.1 Å². The van der Waals surface area contributed by atoms with Gasteiger partial charge in [-0.05, 0) is 12.8 Å². The largest absolute Gasteiger partial charge is 0.481 e. The van der Waals surface area contributed by atoms with E-state index in [0.717, 1.165) is 19.3 Å². The highest BCUT2D eigenvalue weighted by atomic mass is 16.4. The Morgan fingerprint density at radius 3 is 2.50 bits per heavy atom. The third-order valence-corrected chi connectivity index (χ3v) is 1.48. The first-order chi connectivity index (χ1) is 5.77. The third-order valence-electron chi connectivity index (χ3n) is 1.48. The quantitative estimate of drug-likeness (QED) is 0.357. The van der Waals surface area contributed by atoms with E-state index in [9.17, 15) is 9.59 Å². The number of nitrogens with zero attached hydrogens (tertiary/aromatic N) is 1. The number of unbranched alkanes of at least 4 members (excludes halogenated alkanes) is 3. The second-order valence-electron chi connectivity index (χ2n) is 2.53. The van der Waals surface area contributed by atoms with Gasteiger partial charge in [0.15, 0.2) is 0 Å². The molecule has 0 atom stereocenters. The van der Waals surface area contributed by atoms with Crippen LogP contribution in [0.2, 0.25) is 0 Å². The fourth-order valence-electron chi connectivity index (χ4n) is 0.866. The maximum absolute atomic E-state index is 10.1. The van der Waals surface area contributed by atoms with Gasteiger partial charge in [0.1, 0.15) is 0 Å². The van der Waals surface area contributed by atoms with E-state index in [-0.39, 0.29) is 6.42 Å². The molecule has 0 aliphatic heterocycles. The molecule has 0 rings (SSSR count). The minimum atomic E-state index is -0.749. The summed E-state index contributed by atoms with van der Waals surface area (Å²) in [6, 6.07) is 0. The van der Waals surface area contributed by atoms with Gasteiger partial charge in [0.25, 0.3) is 0 Å². The van der Waals surface area contributed by atoms with E-state index in [4.69, 9.17) is 5.11 Å². The van der Waals surface area contributed by atoms with Crippen LogP contribution in [0.15, 0.2) is 4.99 Å². The van der Waals surface area contributed by atoms with Crippen molar-refractivity contribution < 1.29 is 14.7 Å². The smallest absolute Gasteiger partial charge is 0.303 e. The van der Waals surface area contributed by atoms with Gasteiger partial charge < -0.3 is 5.11 Å². The van der Waals surface area contributed by atoms with Crippen molar-refractivity contribution in [1.82, 2.24) is 0 Å². The number of carbonyl (C=O) groups is 1. The lowest BCUT2D eigenvalue weighted by Gasteiger charge is -1.95. The predicted molar refractivity (Wildman–Crippen MR) is 43.7 cm³/mol. The number of rotatable bonds is 7. The molecule has 1 N–H and O–H groups in total. The molecule has 0 aliphatic rings. The van der Waals surface area contributed by atoms with E-state index in [1.807, 2.05) is 0 Å². The number of aliphatic imine (C=N–C) groups is 1. The molecule has 0 amide bonds. The third kappa shape index (κ3) is 8.85. The molecule has 0 aromatic heterocycles. The van der Waals surface area contributed by atoms with Crippen LogP contribution in [0.3, 0.4) is 0 Å². The molecule has 0 radical (unpaired) electrons. The molecule has 0 aliphatic carbocycles. The molecule has 4 heteroatoms. The van der Waals surface area contributed by atoms with E-state index in [1.165, 1.54) is 6.08 Å². The predicted octanol–water partition coefficient (Wildman–Crippen LogP) is 1.36. The average Bonchev–Trinajstić information content (AvgIpc) is 2.02. The summed E-state index contributed by atoms with van der Waals surface area (Å²) in [4.78, 5) is 23.1. The molecule has 0 spiro atoms. The summed E-state index contributed by atoms with van der Waals surface area (Å²) >= 11 is 0. The van der Waals surface area contributed by atoms with Crippen LogP contribution in [0, 0.1) is 0 Å². The van der Waals surface area contributed by atoms with Gasteiger partial charge in [0, 0.05) is 6.42 Å². The maximum Gasteiger partial charge on any atom is 0.303 e. The summed E-state index contributed by atoms with van der Waals surface area (Å²) in [5, 5.41) is 8.28. The molecule has 0 saturated carbocycles. The first kappa shape index (κ1) is 10.8. The van der Waals surface area contributed by atoms with Crippen molar-refractivity contribution in [1.29, 1.82) is 0 Å². The molecule has 0 fully saturated rings. The summed E-state index contributed by atoms with van der Waals surface area (Å²) < 4.78 is 0. The van der Waals surface area contributed by atoms with Gasteiger partial charge >= 0.3 is 5.97 Å². The van der Waals surface area contributed by atoms with Crippen LogP contribution in [0.4, 0.5) is 0 Å². The van der Waals surface area contributed by atoms with Crippen LogP contribution < -0.4 is 0 Å². The maximum atomic E-state index is 10.1. The molecule has 0 saturated heterocycles. The molecule has 68 valence electrons. The fourth-order valence-corrected chi connectivity index (χ4v) is 0.866. The van der Waals surface area contributed by atoms with Crippen LogP contribution in [0.5, 0.6) is 0 Å². The lowest BCUT2D eigenvalue weighted by molar-refractivity contribution is -0.137. The topological polar surface area (TPSA) is 66.7 Å². The van der Waals surface area contributed by atoms with Gasteiger partial charge in [-0.15, -0.1) is 0 Å². The fraction of sp³-hybridized carbons (Fsp3) is 0.750. The molecule has 0 aromatic carbocycles. The normalized spacial score (nSPS) is 9.00. The Balaban J connectivity index is 3.00. The molecule has 0 unspecified atom stereocenters. The average molecular weight is 171 g/mol. The van der Waals surface area contributed by atoms with Crippen molar-refractivity contribution in [3.05, 3.63) is 0 Å². The lowest BCUT2D eigenvalue weighted by atomic mass is 10.1. The lowest BCUT2D eigenvalue weighted by Crippen LogP contribution is -1.93. The van der Waals surface area contributed by atoms with Crippen LogP contribution in [0.25, 0.3) is 0 Å². The van der Waals surface area contributed by atoms with E-state index in [0.29, 0.717) is 13.0 Å². The highest BCUT2D eigenvalue weighted by Crippen LogP contribution is 2.02. The highest BCUT2D eigenvalue weighted by molar-refractivity contribution is 5.66. The molecular weight excluding hydrogens is 158 g/mol. The van der Waals surface area contributed by atoms with Gasteiger partial charge in [-0.2, -0.15) is 0 Å². The van der Waals surface area contributed by atoms with Crippen LogP contribution in [-0.4, -0.2) is 23.7 Å². The molecule has 0 aromatic rings. The Kier molecular flexibility index (Phi) is 7.19. The van der Waals surface area contributed by atoms with Crippen LogP contribution >= 0.6 is 0 Å². The number of carbonyl (C=O) groups excluding carboxylic acids is 1. The number of isocyanates is 1. The zero-order valence-corrected chi connectivity index (χ0v) is 6.95. The highest BCUT2D eigenvalue weighted by Gasteiger charge is 1.95. The second-order valence-corrected chi connectivity index (χ2v) is 2.53. The Bertz CT molecular complexity index is 167. The number of carboxylic acid groups (broad SMARTS) is 1. The van der Waals surface area contributed by atoms with Gasteiger partial charge in [-0.25, -0.2) is 9.79 Å². The summed E-state index contributed by atoms with van der Waals surface area (Å²) in [6.45, 7) is 0.510. The summed E-state index contributed by atoms with van der Waals surface area (Å²) in [7, 11) is 0. The molecule has 12 heavy (non-hydrogen) atoms. The molecule has 0 heterocycles.